The maximum Gasteiger partial charge on any atom is 0.200 e. The van der Waals surface area contributed by atoms with E-state index in [1.807, 2.05) is 0 Å². The summed E-state index contributed by atoms with van der Waals surface area (Å²) in [4.78, 5) is 6.41. The van der Waals surface area contributed by atoms with Crippen molar-refractivity contribution in [2.75, 3.05) is 38.1 Å². The topological polar surface area (TPSA) is 82.5 Å². The minimum Gasteiger partial charge on any atom is -0.395 e. The van der Waals surface area contributed by atoms with E-state index in [0.717, 1.165) is 44.7 Å². The largest absolute Gasteiger partial charge is 0.395 e. The highest BCUT2D eigenvalue weighted by molar-refractivity contribution is 7.92. The van der Waals surface area contributed by atoms with Gasteiger partial charge in [0.1, 0.15) is 0 Å². The van der Waals surface area contributed by atoms with Crippen LogP contribution in [0.3, 0.4) is 0 Å². The quantitative estimate of drug-likeness (QED) is 0.809. The summed E-state index contributed by atoms with van der Waals surface area (Å²) >= 11 is 0. The Morgan fingerprint density at radius 3 is 2.46 bits per heavy atom. The molecule has 0 radical (unpaired) electrons. The lowest BCUT2D eigenvalue weighted by Gasteiger charge is -2.31. The third-order valence-corrected chi connectivity index (χ3v) is 6.94. The van der Waals surface area contributed by atoms with E-state index in [1.54, 1.807) is 39.1 Å². The number of aliphatic hydroxyl groups is 1. The van der Waals surface area contributed by atoms with E-state index in [1.165, 1.54) is 0 Å². The molecule has 136 valence electrons. The fourth-order valence-electron chi connectivity index (χ4n) is 2.78. The van der Waals surface area contributed by atoms with Crippen molar-refractivity contribution < 1.29 is 13.5 Å². The number of rotatable bonds is 6. The first kappa shape index (κ1) is 19.1. The Hall–Kier alpha value is -1.18. The number of anilines is 1. The molecular formula is C17H29N3O3S. The van der Waals surface area contributed by atoms with Gasteiger partial charge in [-0.25, -0.2) is 13.4 Å². The second-order valence-electron chi connectivity index (χ2n) is 7.39. The number of aliphatic hydroxyl groups excluding tert-OH is 1. The maximum absolute atomic E-state index is 12.3. The second kappa shape index (κ2) is 7.80. The van der Waals surface area contributed by atoms with E-state index in [0.29, 0.717) is 5.92 Å². The first-order chi connectivity index (χ1) is 11.2. The maximum atomic E-state index is 12.3. The molecule has 0 amide bonds. The molecule has 0 unspecified atom stereocenters. The average molecular weight is 356 g/mol. The fraction of sp³-hybridized carbons (Fsp3) is 0.706. The monoisotopic (exact) mass is 355 g/mol. The number of hydrogen-bond donors (Lipinski definition) is 2. The molecule has 7 heteroatoms. The molecule has 1 aromatic heterocycles. The number of piperidine rings is 1. The van der Waals surface area contributed by atoms with Gasteiger partial charge < -0.3 is 15.3 Å². The number of pyridine rings is 1. The van der Waals surface area contributed by atoms with Crippen LogP contribution < -0.4 is 5.32 Å². The molecule has 0 aromatic carbocycles. The minimum atomic E-state index is -3.41. The highest BCUT2D eigenvalue weighted by atomic mass is 32.2. The summed E-state index contributed by atoms with van der Waals surface area (Å²) in [6.45, 7) is 8.92. The molecule has 1 aliphatic heterocycles. The molecule has 0 spiro atoms. The van der Waals surface area contributed by atoms with Crippen LogP contribution in [-0.2, 0) is 9.84 Å². The molecule has 2 rings (SSSR count). The fourth-order valence-corrected chi connectivity index (χ4v) is 3.84. The van der Waals surface area contributed by atoms with Crippen molar-refractivity contribution >= 4 is 15.5 Å². The van der Waals surface area contributed by atoms with Crippen LogP contribution in [-0.4, -0.2) is 60.9 Å². The number of β-amino-alcohol motifs (C(OH)–C–C–N with tert-alkyl or cyclic N) is 1. The molecule has 1 fully saturated rings. The predicted octanol–water partition coefficient (Wildman–Crippen LogP) is 1.77. The molecular weight excluding hydrogens is 326 g/mol. The Morgan fingerprint density at radius 2 is 1.96 bits per heavy atom. The van der Waals surface area contributed by atoms with Gasteiger partial charge in [0.15, 0.2) is 14.9 Å². The zero-order valence-electron chi connectivity index (χ0n) is 14.8. The number of aromatic nitrogens is 1. The summed E-state index contributed by atoms with van der Waals surface area (Å²) in [6, 6.07) is 3.36. The van der Waals surface area contributed by atoms with Crippen molar-refractivity contribution in [1.29, 1.82) is 0 Å². The first-order valence-electron chi connectivity index (χ1n) is 8.52. The zero-order valence-corrected chi connectivity index (χ0v) is 15.6. The minimum absolute atomic E-state index is 0.123. The van der Waals surface area contributed by atoms with Gasteiger partial charge >= 0.3 is 0 Å². The summed E-state index contributed by atoms with van der Waals surface area (Å²) in [6.07, 6.45) is 3.81. The number of hydrogen-bond acceptors (Lipinski definition) is 6. The molecule has 0 saturated carbocycles. The molecule has 0 atom stereocenters. The van der Waals surface area contributed by atoms with Crippen molar-refractivity contribution in [1.82, 2.24) is 9.88 Å². The van der Waals surface area contributed by atoms with Gasteiger partial charge in [0.2, 0.25) is 0 Å². The van der Waals surface area contributed by atoms with E-state index >= 15 is 0 Å². The van der Waals surface area contributed by atoms with Crippen molar-refractivity contribution in [2.24, 2.45) is 5.92 Å². The molecule has 2 heterocycles. The van der Waals surface area contributed by atoms with Crippen LogP contribution in [0, 0.1) is 5.92 Å². The Bertz CT molecular complexity index is 615. The summed E-state index contributed by atoms with van der Waals surface area (Å²) in [5, 5.41) is 12.4. The summed E-state index contributed by atoms with van der Waals surface area (Å²) in [5.41, 5.74) is 0.848. The molecule has 1 saturated heterocycles. The van der Waals surface area contributed by atoms with Crippen LogP contribution in [0.2, 0.25) is 0 Å². The average Bonchev–Trinajstić information content (AvgIpc) is 2.54. The summed E-state index contributed by atoms with van der Waals surface area (Å²) in [7, 11) is -3.41. The molecule has 6 nitrogen and oxygen atoms in total. The predicted molar refractivity (Wildman–Crippen MR) is 95.9 cm³/mol. The highest BCUT2D eigenvalue weighted by Gasteiger charge is 2.31. The van der Waals surface area contributed by atoms with Gasteiger partial charge in [-0.1, -0.05) is 0 Å². The van der Waals surface area contributed by atoms with E-state index in [-0.39, 0.29) is 11.6 Å². The molecule has 24 heavy (non-hydrogen) atoms. The van der Waals surface area contributed by atoms with Gasteiger partial charge in [-0.05, 0) is 64.8 Å². The summed E-state index contributed by atoms with van der Waals surface area (Å²) < 4.78 is 23.8. The summed E-state index contributed by atoms with van der Waals surface area (Å²) in [5.74, 6) is 0.595. The van der Waals surface area contributed by atoms with Crippen molar-refractivity contribution in [2.45, 2.75) is 43.4 Å². The molecule has 1 aromatic rings. The standard InChI is InChI=1S/C17H29N3O3S/c1-17(2,3)24(22,23)16-5-4-15(13-19-16)18-12-14-6-8-20(9-7-14)10-11-21/h4-5,13-14,18,21H,6-12H2,1-3H3. The number of nitrogens with zero attached hydrogens (tertiary/aromatic N) is 2. The lowest BCUT2D eigenvalue weighted by molar-refractivity contribution is 0.151. The number of nitrogens with one attached hydrogen (secondary N) is 1. The second-order valence-corrected chi connectivity index (χ2v) is 10.0. The lowest BCUT2D eigenvalue weighted by Crippen LogP contribution is -2.37. The van der Waals surface area contributed by atoms with Gasteiger partial charge in [-0.3, -0.25) is 0 Å². The molecule has 1 aliphatic rings. The third-order valence-electron chi connectivity index (χ3n) is 4.54. The number of sulfone groups is 1. The van der Waals surface area contributed by atoms with Crippen LogP contribution in [0.25, 0.3) is 0 Å². The van der Waals surface area contributed by atoms with Gasteiger partial charge in [-0.15, -0.1) is 0 Å². The SMILES string of the molecule is CC(C)(C)S(=O)(=O)c1ccc(NCC2CCN(CCO)CC2)cn1. The molecule has 2 N–H and O–H groups in total. The van der Waals surface area contributed by atoms with E-state index in [9.17, 15) is 8.42 Å². The van der Waals surface area contributed by atoms with Crippen molar-refractivity contribution in [3.8, 4) is 0 Å². The van der Waals surface area contributed by atoms with Gasteiger partial charge in [0.25, 0.3) is 0 Å². The van der Waals surface area contributed by atoms with Gasteiger partial charge in [0.05, 0.1) is 23.2 Å². The smallest absolute Gasteiger partial charge is 0.200 e. The van der Waals surface area contributed by atoms with E-state index in [2.05, 4.69) is 15.2 Å². The van der Waals surface area contributed by atoms with Crippen molar-refractivity contribution in [3.63, 3.8) is 0 Å². The van der Waals surface area contributed by atoms with Gasteiger partial charge in [0, 0.05) is 13.1 Å². The lowest BCUT2D eigenvalue weighted by atomic mass is 9.97. The van der Waals surface area contributed by atoms with E-state index in [4.69, 9.17) is 5.11 Å². The normalized spacial score (nSPS) is 17.8. The first-order valence-corrected chi connectivity index (χ1v) is 10.00. The Balaban J connectivity index is 1.87. The van der Waals surface area contributed by atoms with Crippen LogP contribution in [0.1, 0.15) is 33.6 Å². The van der Waals surface area contributed by atoms with Crippen LogP contribution >= 0.6 is 0 Å². The molecule has 0 aliphatic carbocycles. The number of likely N-dealkylation sites (tertiary alicyclic amines) is 1. The van der Waals surface area contributed by atoms with Crippen LogP contribution in [0.15, 0.2) is 23.4 Å². The third kappa shape index (κ3) is 4.68. The Labute approximate surface area is 145 Å². The van der Waals surface area contributed by atoms with E-state index < -0.39 is 14.6 Å². The van der Waals surface area contributed by atoms with Crippen LogP contribution in [0.5, 0.6) is 0 Å². The van der Waals surface area contributed by atoms with Gasteiger partial charge in [-0.2, -0.15) is 0 Å². The van der Waals surface area contributed by atoms with Crippen molar-refractivity contribution in [3.05, 3.63) is 18.3 Å². The highest BCUT2D eigenvalue weighted by Crippen LogP contribution is 2.24. The zero-order chi connectivity index (χ0) is 17.8. The molecule has 0 bridgehead atoms. The van der Waals surface area contributed by atoms with Crippen LogP contribution in [0.4, 0.5) is 5.69 Å². The Kier molecular flexibility index (Phi) is 6.22. The Morgan fingerprint density at radius 1 is 1.29 bits per heavy atom.